The predicted molar refractivity (Wildman–Crippen MR) is 121 cm³/mol. The van der Waals surface area contributed by atoms with E-state index in [1.807, 2.05) is 6.07 Å². The van der Waals surface area contributed by atoms with Gasteiger partial charge in [0.15, 0.2) is 0 Å². The summed E-state index contributed by atoms with van der Waals surface area (Å²) in [5, 5.41) is 24.3. The predicted octanol–water partition coefficient (Wildman–Crippen LogP) is 4.44. The number of hydrogen-bond donors (Lipinski definition) is 2. The lowest BCUT2D eigenvalue weighted by Gasteiger charge is -2.28. The number of para-hydroxylation sites is 2. The maximum Gasteiger partial charge on any atom is 0.137 e. The van der Waals surface area contributed by atoms with E-state index in [0.29, 0.717) is 23.9 Å². The zero-order chi connectivity index (χ0) is 21.7. The second-order valence-corrected chi connectivity index (χ2v) is 8.69. The minimum Gasteiger partial charge on any atom is -0.489 e. The number of rotatable bonds is 9. The van der Waals surface area contributed by atoms with E-state index in [1.165, 1.54) is 16.5 Å². The summed E-state index contributed by atoms with van der Waals surface area (Å²) in [7, 11) is 0. The molecule has 2 aromatic carbocycles. The molecule has 158 valence electrons. The van der Waals surface area contributed by atoms with Gasteiger partial charge in [0.25, 0.3) is 0 Å². The van der Waals surface area contributed by atoms with E-state index in [0.717, 1.165) is 6.42 Å². The van der Waals surface area contributed by atoms with E-state index in [9.17, 15) is 5.11 Å². The summed E-state index contributed by atoms with van der Waals surface area (Å²) in [6, 6.07) is 18.1. The molecule has 30 heavy (non-hydrogen) atoms. The highest BCUT2D eigenvalue weighted by atomic mass is 16.5. The lowest BCUT2D eigenvalue weighted by Crippen LogP contribution is -2.46. The van der Waals surface area contributed by atoms with Crippen molar-refractivity contribution in [1.29, 1.82) is 5.26 Å². The molecule has 1 aromatic heterocycles. The molecule has 0 saturated heterocycles. The number of benzene rings is 2. The fourth-order valence-electron chi connectivity index (χ4n) is 3.71. The number of ether oxygens (including phenoxy) is 1. The highest BCUT2D eigenvalue weighted by Crippen LogP contribution is 2.27. The van der Waals surface area contributed by atoms with Gasteiger partial charge in [0.1, 0.15) is 24.5 Å². The standard InChI is InChI=1S/C25H31N3O2/c1-18(2)28-16-20(22-10-6-7-11-23(22)28)13-25(3,4)27-15-21(29)17-30-24-12-8-5-9-19(24)14-26/h5-12,16,18,21,27,29H,13,15,17H2,1-4H3. The molecule has 1 atom stereocenters. The first kappa shape index (κ1) is 21.9. The molecule has 0 amide bonds. The Bertz CT molecular complexity index is 1030. The number of β-amino-alcohol motifs (C(OH)–C–C–N with tert-alkyl or cyclic N) is 1. The molecule has 0 bridgehead atoms. The van der Waals surface area contributed by atoms with E-state index in [1.54, 1.807) is 18.2 Å². The summed E-state index contributed by atoms with van der Waals surface area (Å²) >= 11 is 0. The average molecular weight is 406 g/mol. The third-order valence-corrected chi connectivity index (χ3v) is 5.27. The van der Waals surface area contributed by atoms with Gasteiger partial charge in [-0.2, -0.15) is 5.26 Å². The lowest BCUT2D eigenvalue weighted by atomic mass is 9.94. The highest BCUT2D eigenvalue weighted by molar-refractivity contribution is 5.84. The third-order valence-electron chi connectivity index (χ3n) is 5.27. The molecule has 2 N–H and O–H groups in total. The van der Waals surface area contributed by atoms with E-state index >= 15 is 0 Å². The first-order chi connectivity index (χ1) is 14.3. The third kappa shape index (κ3) is 5.21. The van der Waals surface area contributed by atoms with Crippen molar-refractivity contribution in [3.63, 3.8) is 0 Å². The minimum atomic E-state index is -0.673. The van der Waals surface area contributed by atoms with Gasteiger partial charge >= 0.3 is 0 Å². The first-order valence-corrected chi connectivity index (χ1v) is 10.4. The van der Waals surface area contributed by atoms with Gasteiger partial charge in [0.2, 0.25) is 0 Å². The van der Waals surface area contributed by atoms with Crippen LogP contribution >= 0.6 is 0 Å². The molecular weight excluding hydrogens is 374 g/mol. The number of nitrogens with one attached hydrogen (secondary N) is 1. The van der Waals surface area contributed by atoms with Gasteiger partial charge in [-0.3, -0.25) is 0 Å². The Morgan fingerprint density at radius 2 is 1.83 bits per heavy atom. The summed E-state index contributed by atoms with van der Waals surface area (Å²) in [5.41, 5.74) is 2.82. The molecule has 1 heterocycles. The van der Waals surface area contributed by atoms with E-state index in [4.69, 9.17) is 10.00 Å². The first-order valence-electron chi connectivity index (χ1n) is 10.4. The zero-order valence-electron chi connectivity index (χ0n) is 18.2. The van der Waals surface area contributed by atoms with Crippen LogP contribution in [-0.4, -0.2) is 34.5 Å². The molecule has 0 saturated carbocycles. The zero-order valence-corrected chi connectivity index (χ0v) is 18.2. The number of nitriles is 1. The van der Waals surface area contributed by atoms with Crippen LogP contribution in [0.25, 0.3) is 10.9 Å². The van der Waals surface area contributed by atoms with Crippen LogP contribution in [-0.2, 0) is 6.42 Å². The average Bonchev–Trinajstić information content (AvgIpc) is 3.09. The lowest BCUT2D eigenvalue weighted by molar-refractivity contribution is 0.0987. The summed E-state index contributed by atoms with van der Waals surface area (Å²) in [6.07, 6.45) is 2.42. The van der Waals surface area contributed by atoms with Crippen molar-refractivity contribution < 1.29 is 9.84 Å². The monoisotopic (exact) mass is 405 g/mol. The van der Waals surface area contributed by atoms with Crippen LogP contribution in [0.15, 0.2) is 54.7 Å². The Labute approximate surface area is 178 Å². The molecular formula is C25H31N3O2. The Morgan fingerprint density at radius 1 is 1.13 bits per heavy atom. The Balaban J connectivity index is 1.60. The molecule has 3 aromatic rings. The van der Waals surface area contributed by atoms with Crippen molar-refractivity contribution in [2.75, 3.05) is 13.2 Å². The molecule has 5 nitrogen and oxygen atoms in total. The second-order valence-electron chi connectivity index (χ2n) is 8.69. The molecule has 0 aliphatic carbocycles. The van der Waals surface area contributed by atoms with Gasteiger partial charge in [-0.05, 0) is 57.9 Å². The van der Waals surface area contributed by atoms with Crippen molar-refractivity contribution in [2.45, 2.75) is 51.8 Å². The highest BCUT2D eigenvalue weighted by Gasteiger charge is 2.22. The molecule has 1 unspecified atom stereocenters. The van der Waals surface area contributed by atoms with Crippen LogP contribution in [0.3, 0.4) is 0 Å². The van der Waals surface area contributed by atoms with Crippen LogP contribution in [0.2, 0.25) is 0 Å². The van der Waals surface area contributed by atoms with Crippen molar-refractivity contribution in [2.24, 2.45) is 0 Å². The topological polar surface area (TPSA) is 70.2 Å². The van der Waals surface area contributed by atoms with Crippen LogP contribution in [0.1, 0.15) is 44.9 Å². The maximum atomic E-state index is 10.4. The van der Waals surface area contributed by atoms with Crippen molar-refractivity contribution in [1.82, 2.24) is 9.88 Å². The number of aliphatic hydroxyl groups excluding tert-OH is 1. The van der Waals surface area contributed by atoms with E-state index < -0.39 is 6.10 Å². The van der Waals surface area contributed by atoms with Crippen molar-refractivity contribution in [3.8, 4) is 11.8 Å². The number of hydrogen-bond acceptors (Lipinski definition) is 4. The largest absolute Gasteiger partial charge is 0.489 e. The number of nitrogens with zero attached hydrogens (tertiary/aromatic N) is 2. The molecule has 5 heteroatoms. The second kappa shape index (κ2) is 9.34. The molecule has 0 spiro atoms. The Morgan fingerprint density at radius 3 is 2.57 bits per heavy atom. The van der Waals surface area contributed by atoms with Gasteiger partial charge in [-0.25, -0.2) is 0 Å². The summed E-state index contributed by atoms with van der Waals surface area (Å²) in [6.45, 7) is 9.22. The summed E-state index contributed by atoms with van der Waals surface area (Å²) in [5.74, 6) is 0.500. The van der Waals surface area contributed by atoms with Crippen molar-refractivity contribution >= 4 is 10.9 Å². The normalized spacial score (nSPS) is 12.8. The Kier molecular flexibility index (Phi) is 6.81. The minimum absolute atomic E-state index is 0.133. The Hall–Kier alpha value is -2.81. The fraction of sp³-hybridized carbons (Fsp3) is 0.400. The SMILES string of the molecule is CC(C)n1cc(CC(C)(C)NCC(O)COc2ccccc2C#N)c2ccccc21. The summed E-state index contributed by atoms with van der Waals surface area (Å²) < 4.78 is 7.96. The number of fused-ring (bicyclic) bond motifs is 1. The van der Waals surface area contributed by atoms with Gasteiger partial charge in [-0.15, -0.1) is 0 Å². The van der Waals surface area contributed by atoms with Gasteiger partial charge in [0.05, 0.1) is 5.56 Å². The van der Waals surface area contributed by atoms with E-state index in [-0.39, 0.29) is 12.1 Å². The van der Waals surface area contributed by atoms with E-state index in [2.05, 4.69) is 74.1 Å². The number of aliphatic hydroxyl groups is 1. The number of aromatic nitrogens is 1. The molecule has 3 rings (SSSR count). The van der Waals surface area contributed by atoms with Crippen LogP contribution in [0.4, 0.5) is 0 Å². The smallest absolute Gasteiger partial charge is 0.137 e. The van der Waals surface area contributed by atoms with Crippen LogP contribution in [0.5, 0.6) is 5.75 Å². The maximum absolute atomic E-state index is 10.4. The van der Waals surface area contributed by atoms with Gasteiger partial charge in [0, 0.05) is 35.2 Å². The van der Waals surface area contributed by atoms with Crippen molar-refractivity contribution in [3.05, 3.63) is 65.9 Å². The molecule has 0 aliphatic rings. The molecule has 0 fully saturated rings. The molecule has 0 radical (unpaired) electrons. The van der Waals surface area contributed by atoms with Gasteiger partial charge < -0.3 is 19.7 Å². The quantitative estimate of drug-likeness (QED) is 0.552. The fourth-order valence-corrected chi connectivity index (χ4v) is 3.71. The molecule has 0 aliphatic heterocycles. The summed E-state index contributed by atoms with van der Waals surface area (Å²) in [4.78, 5) is 0. The van der Waals surface area contributed by atoms with Gasteiger partial charge in [-0.1, -0.05) is 30.3 Å². The van der Waals surface area contributed by atoms with Crippen LogP contribution in [0, 0.1) is 11.3 Å². The van der Waals surface area contributed by atoms with Crippen LogP contribution < -0.4 is 10.1 Å².